The van der Waals surface area contributed by atoms with Crippen molar-refractivity contribution in [1.29, 1.82) is 0 Å². The van der Waals surface area contributed by atoms with Crippen LogP contribution in [0.25, 0.3) is 23.4 Å². The van der Waals surface area contributed by atoms with Crippen molar-refractivity contribution in [2.45, 2.75) is 0 Å². The van der Waals surface area contributed by atoms with Crippen LogP contribution in [-0.4, -0.2) is 15.4 Å². The third-order valence-corrected chi connectivity index (χ3v) is 3.25. The van der Waals surface area contributed by atoms with Gasteiger partial charge in [-0.15, -0.1) is 10.2 Å². The zero-order valence-corrected chi connectivity index (χ0v) is 11.8. The third kappa shape index (κ3) is 3.09. The molecule has 108 valence electrons. The van der Waals surface area contributed by atoms with Gasteiger partial charge in [-0.3, -0.25) is 0 Å². The van der Waals surface area contributed by atoms with E-state index in [9.17, 15) is 0 Å². The maximum Gasteiger partial charge on any atom is 0.0970 e. The highest BCUT2D eigenvalue weighted by atomic mass is 15.3. The summed E-state index contributed by atoms with van der Waals surface area (Å²) in [5.74, 6) is 0. The maximum atomic E-state index is 5.89. The number of hydrogen-bond acceptors (Lipinski definition) is 5. The van der Waals surface area contributed by atoms with Crippen molar-refractivity contribution in [3.8, 4) is 11.3 Å². The second-order valence-corrected chi connectivity index (χ2v) is 4.85. The Bertz CT molecular complexity index is 795. The zero-order valence-electron chi connectivity index (χ0n) is 11.8. The van der Waals surface area contributed by atoms with Crippen LogP contribution in [-0.2, 0) is 0 Å². The van der Waals surface area contributed by atoms with Crippen LogP contribution in [0, 0.1) is 0 Å². The minimum absolute atomic E-state index is 0.679. The van der Waals surface area contributed by atoms with E-state index in [0.29, 0.717) is 5.69 Å². The largest absolute Gasteiger partial charge is 0.399 e. The summed E-state index contributed by atoms with van der Waals surface area (Å²) < 4.78 is 0. The molecule has 1 aromatic heterocycles. The molecule has 5 nitrogen and oxygen atoms in total. The lowest BCUT2D eigenvalue weighted by molar-refractivity contribution is 0.870. The summed E-state index contributed by atoms with van der Waals surface area (Å²) in [6, 6.07) is 15.2. The Kier molecular flexibility index (Phi) is 3.78. The number of nitrogens with zero attached hydrogens (tertiary/aromatic N) is 3. The fourth-order valence-corrected chi connectivity index (χ4v) is 2.12. The van der Waals surface area contributed by atoms with Crippen molar-refractivity contribution < 1.29 is 0 Å². The standard InChI is InChI=1S/C17H15N5/c18-14-6-2-12(3-7-14)1-4-13-5-8-15(19)11-16(13)17-9-10-20-22-21-17/h1-11H,18-19H2/b4-1+. The van der Waals surface area contributed by atoms with Gasteiger partial charge in [0.05, 0.1) is 11.9 Å². The number of anilines is 2. The fraction of sp³-hybridized carbons (Fsp3) is 0. The van der Waals surface area contributed by atoms with E-state index in [1.165, 1.54) is 0 Å². The highest BCUT2D eigenvalue weighted by Crippen LogP contribution is 2.25. The molecule has 0 fully saturated rings. The average molecular weight is 289 g/mol. The average Bonchev–Trinajstić information content (AvgIpc) is 2.56. The summed E-state index contributed by atoms with van der Waals surface area (Å²) in [6.45, 7) is 0. The first kappa shape index (κ1) is 13.8. The van der Waals surface area contributed by atoms with Crippen LogP contribution in [0.15, 0.2) is 54.7 Å². The normalized spacial score (nSPS) is 10.9. The van der Waals surface area contributed by atoms with E-state index < -0.39 is 0 Å². The molecule has 3 rings (SSSR count). The number of benzene rings is 2. The molecule has 5 heteroatoms. The molecule has 0 aliphatic carbocycles. The molecule has 0 atom stereocenters. The predicted molar refractivity (Wildman–Crippen MR) is 89.5 cm³/mol. The molecule has 3 aromatic rings. The lowest BCUT2D eigenvalue weighted by Crippen LogP contribution is -1.93. The first-order chi connectivity index (χ1) is 10.7. The van der Waals surface area contributed by atoms with Gasteiger partial charge in [-0.2, -0.15) is 0 Å². The Hall–Kier alpha value is -3.21. The summed E-state index contributed by atoms with van der Waals surface area (Å²) in [4.78, 5) is 0. The molecule has 4 N–H and O–H groups in total. The molecular formula is C17H15N5. The number of rotatable bonds is 3. The molecule has 0 aliphatic heterocycles. The van der Waals surface area contributed by atoms with Gasteiger partial charge in [0, 0.05) is 16.9 Å². The van der Waals surface area contributed by atoms with Gasteiger partial charge in [0.25, 0.3) is 0 Å². The van der Waals surface area contributed by atoms with Crippen molar-refractivity contribution in [1.82, 2.24) is 15.4 Å². The molecular weight excluding hydrogens is 274 g/mol. The summed E-state index contributed by atoms with van der Waals surface area (Å²) in [6.07, 6.45) is 5.64. The smallest absolute Gasteiger partial charge is 0.0970 e. The van der Waals surface area contributed by atoms with Gasteiger partial charge in [0.15, 0.2) is 0 Å². The molecule has 0 amide bonds. The molecule has 2 aromatic carbocycles. The van der Waals surface area contributed by atoms with Crippen LogP contribution in [0.4, 0.5) is 11.4 Å². The van der Waals surface area contributed by atoms with Crippen molar-refractivity contribution in [2.75, 3.05) is 11.5 Å². The summed E-state index contributed by atoms with van der Waals surface area (Å²) >= 11 is 0. The van der Waals surface area contributed by atoms with E-state index in [1.54, 1.807) is 6.20 Å². The zero-order chi connectivity index (χ0) is 15.4. The topological polar surface area (TPSA) is 90.7 Å². The minimum Gasteiger partial charge on any atom is -0.399 e. The predicted octanol–water partition coefficient (Wildman–Crippen LogP) is 2.87. The molecule has 0 unspecified atom stereocenters. The van der Waals surface area contributed by atoms with Gasteiger partial charge < -0.3 is 11.5 Å². The SMILES string of the molecule is Nc1ccc(/C=C/c2ccc(N)cc2-c2ccnnn2)cc1. The van der Waals surface area contributed by atoms with E-state index in [4.69, 9.17) is 11.5 Å². The number of nitrogen functional groups attached to an aromatic ring is 2. The van der Waals surface area contributed by atoms with E-state index in [0.717, 1.165) is 28.1 Å². The van der Waals surface area contributed by atoms with Crippen LogP contribution in [0.3, 0.4) is 0 Å². The van der Waals surface area contributed by atoms with Crippen molar-refractivity contribution >= 4 is 23.5 Å². The Morgan fingerprint density at radius 3 is 2.32 bits per heavy atom. The number of nitrogens with two attached hydrogens (primary N) is 2. The van der Waals surface area contributed by atoms with Gasteiger partial charge in [-0.25, -0.2) is 0 Å². The fourth-order valence-electron chi connectivity index (χ4n) is 2.12. The van der Waals surface area contributed by atoms with Gasteiger partial charge in [0.1, 0.15) is 0 Å². The van der Waals surface area contributed by atoms with Crippen LogP contribution >= 0.6 is 0 Å². The maximum absolute atomic E-state index is 5.89. The molecule has 22 heavy (non-hydrogen) atoms. The summed E-state index contributed by atoms with van der Waals surface area (Å²) in [5.41, 5.74) is 16.7. The molecule has 0 aliphatic rings. The Balaban J connectivity index is 1.99. The summed E-state index contributed by atoms with van der Waals surface area (Å²) in [5, 5.41) is 11.4. The third-order valence-electron chi connectivity index (χ3n) is 3.25. The molecule has 1 heterocycles. The number of aromatic nitrogens is 3. The van der Waals surface area contributed by atoms with E-state index in [1.807, 2.05) is 60.7 Å². The Morgan fingerprint density at radius 1 is 0.818 bits per heavy atom. The van der Waals surface area contributed by atoms with E-state index in [2.05, 4.69) is 15.4 Å². The van der Waals surface area contributed by atoms with Crippen LogP contribution in [0.5, 0.6) is 0 Å². The van der Waals surface area contributed by atoms with Gasteiger partial charge in [-0.1, -0.05) is 30.4 Å². The first-order valence-corrected chi connectivity index (χ1v) is 6.80. The van der Waals surface area contributed by atoms with Gasteiger partial charge >= 0.3 is 0 Å². The Morgan fingerprint density at radius 2 is 1.59 bits per heavy atom. The second-order valence-electron chi connectivity index (χ2n) is 4.85. The highest BCUT2D eigenvalue weighted by molar-refractivity contribution is 5.81. The van der Waals surface area contributed by atoms with E-state index in [-0.39, 0.29) is 0 Å². The molecule has 0 bridgehead atoms. The van der Waals surface area contributed by atoms with Crippen LogP contribution < -0.4 is 11.5 Å². The highest BCUT2D eigenvalue weighted by Gasteiger charge is 2.05. The molecule has 0 radical (unpaired) electrons. The summed E-state index contributed by atoms with van der Waals surface area (Å²) in [7, 11) is 0. The van der Waals surface area contributed by atoms with Crippen LogP contribution in [0.2, 0.25) is 0 Å². The molecule has 0 saturated heterocycles. The van der Waals surface area contributed by atoms with Crippen molar-refractivity contribution in [3.05, 3.63) is 65.9 Å². The van der Waals surface area contributed by atoms with Gasteiger partial charge in [0.2, 0.25) is 0 Å². The van der Waals surface area contributed by atoms with Crippen LogP contribution in [0.1, 0.15) is 11.1 Å². The molecule has 0 spiro atoms. The van der Waals surface area contributed by atoms with Gasteiger partial charge in [-0.05, 0) is 46.7 Å². The molecule has 0 saturated carbocycles. The monoisotopic (exact) mass is 289 g/mol. The minimum atomic E-state index is 0.679. The van der Waals surface area contributed by atoms with Crippen molar-refractivity contribution in [2.24, 2.45) is 0 Å². The first-order valence-electron chi connectivity index (χ1n) is 6.80. The van der Waals surface area contributed by atoms with Crippen molar-refractivity contribution in [3.63, 3.8) is 0 Å². The lowest BCUT2D eigenvalue weighted by atomic mass is 10.0. The van der Waals surface area contributed by atoms with E-state index >= 15 is 0 Å². The Labute approximate surface area is 128 Å². The lowest BCUT2D eigenvalue weighted by Gasteiger charge is -2.06. The quantitative estimate of drug-likeness (QED) is 0.571. The number of hydrogen-bond donors (Lipinski definition) is 2. The second kappa shape index (κ2) is 6.05.